The van der Waals surface area contributed by atoms with Gasteiger partial charge in [-0.15, -0.1) is 11.3 Å². The summed E-state index contributed by atoms with van der Waals surface area (Å²) in [4.78, 5) is 16.9. The van der Waals surface area contributed by atoms with E-state index in [0.717, 1.165) is 24.3 Å². The lowest BCUT2D eigenvalue weighted by Gasteiger charge is -2.29. The molecule has 1 aliphatic heterocycles. The van der Waals surface area contributed by atoms with Crippen LogP contribution >= 0.6 is 11.3 Å². The standard InChI is InChI=1S/C25H23NO5S/c1-28-22-7-5-16(12-23(22)29-2)20-14-30-25-18(24(20)27)6-8-21-19(25)13-26(15-31-21)10-9-17-4-3-11-32-17/h3-8,11-12,14H,9-10,13,15H2,1-2H3. The number of hydrogen-bond donors (Lipinski definition) is 0. The normalized spacial score (nSPS) is 13.6. The van der Waals surface area contributed by atoms with E-state index in [0.29, 0.717) is 46.9 Å². The number of nitrogens with zero attached hydrogens (tertiary/aromatic N) is 1. The van der Waals surface area contributed by atoms with Gasteiger partial charge in [0.25, 0.3) is 0 Å². The number of benzene rings is 2. The summed E-state index contributed by atoms with van der Waals surface area (Å²) in [6.07, 6.45) is 2.49. The first-order chi connectivity index (χ1) is 15.7. The third-order valence-electron chi connectivity index (χ3n) is 5.73. The lowest BCUT2D eigenvalue weighted by Crippen LogP contribution is -2.33. The Morgan fingerprint density at radius 3 is 2.75 bits per heavy atom. The summed E-state index contributed by atoms with van der Waals surface area (Å²) in [5.41, 5.74) is 2.60. The molecule has 4 aromatic rings. The van der Waals surface area contributed by atoms with Crippen molar-refractivity contribution in [1.29, 1.82) is 0 Å². The van der Waals surface area contributed by atoms with Crippen LogP contribution in [0.3, 0.4) is 0 Å². The summed E-state index contributed by atoms with van der Waals surface area (Å²) in [6.45, 7) is 2.08. The van der Waals surface area contributed by atoms with Crippen LogP contribution in [0.5, 0.6) is 17.2 Å². The molecule has 0 amide bonds. The molecule has 0 radical (unpaired) electrons. The molecule has 0 saturated heterocycles. The highest BCUT2D eigenvalue weighted by Gasteiger charge is 2.23. The summed E-state index contributed by atoms with van der Waals surface area (Å²) in [7, 11) is 3.15. The van der Waals surface area contributed by atoms with E-state index in [1.54, 1.807) is 43.8 Å². The van der Waals surface area contributed by atoms with E-state index in [-0.39, 0.29) is 5.43 Å². The number of hydrogen-bond acceptors (Lipinski definition) is 7. The molecule has 0 N–H and O–H groups in total. The Hall–Kier alpha value is -3.29. The van der Waals surface area contributed by atoms with Crippen LogP contribution in [-0.4, -0.2) is 32.4 Å². The van der Waals surface area contributed by atoms with E-state index in [9.17, 15) is 4.79 Å². The highest BCUT2D eigenvalue weighted by atomic mass is 32.1. The topological polar surface area (TPSA) is 61.1 Å². The third kappa shape index (κ3) is 3.74. The first-order valence-electron chi connectivity index (χ1n) is 10.3. The van der Waals surface area contributed by atoms with E-state index in [2.05, 4.69) is 22.4 Å². The van der Waals surface area contributed by atoms with Crippen LogP contribution in [0.15, 0.2) is 63.3 Å². The molecule has 164 valence electrons. The first kappa shape index (κ1) is 20.6. The van der Waals surface area contributed by atoms with Crippen molar-refractivity contribution >= 4 is 22.3 Å². The third-order valence-corrected chi connectivity index (χ3v) is 6.67. The van der Waals surface area contributed by atoms with Gasteiger partial charge in [-0.1, -0.05) is 12.1 Å². The smallest absolute Gasteiger partial charge is 0.200 e. The van der Waals surface area contributed by atoms with Crippen molar-refractivity contribution in [3.8, 4) is 28.4 Å². The van der Waals surface area contributed by atoms with Gasteiger partial charge in [0.15, 0.2) is 11.5 Å². The lowest BCUT2D eigenvalue weighted by molar-refractivity contribution is 0.0970. The number of thiophene rings is 1. The van der Waals surface area contributed by atoms with Crippen molar-refractivity contribution in [2.75, 3.05) is 27.5 Å². The molecule has 7 heteroatoms. The summed E-state index contributed by atoms with van der Waals surface area (Å²) in [6, 6.07) is 13.3. The fourth-order valence-electron chi connectivity index (χ4n) is 4.02. The zero-order valence-corrected chi connectivity index (χ0v) is 18.7. The van der Waals surface area contributed by atoms with Gasteiger partial charge in [0, 0.05) is 18.0 Å². The maximum atomic E-state index is 13.3. The highest BCUT2D eigenvalue weighted by Crippen LogP contribution is 2.34. The van der Waals surface area contributed by atoms with Crippen molar-refractivity contribution in [3.05, 3.63) is 74.8 Å². The quantitative estimate of drug-likeness (QED) is 0.416. The van der Waals surface area contributed by atoms with Crippen LogP contribution in [-0.2, 0) is 13.0 Å². The van der Waals surface area contributed by atoms with Gasteiger partial charge in [0.2, 0.25) is 5.43 Å². The Balaban J connectivity index is 1.48. The summed E-state index contributed by atoms with van der Waals surface area (Å²) < 4.78 is 22.7. The van der Waals surface area contributed by atoms with Crippen LogP contribution < -0.4 is 19.6 Å². The second-order valence-corrected chi connectivity index (χ2v) is 8.65. The molecule has 3 heterocycles. The Labute approximate surface area is 189 Å². The first-order valence-corrected chi connectivity index (χ1v) is 11.2. The Kier molecular flexibility index (Phi) is 5.59. The van der Waals surface area contributed by atoms with E-state index in [1.165, 1.54) is 11.1 Å². The zero-order valence-electron chi connectivity index (χ0n) is 17.9. The summed E-state index contributed by atoms with van der Waals surface area (Å²) in [5, 5.41) is 2.63. The highest BCUT2D eigenvalue weighted by molar-refractivity contribution is 7.09. The van der Waals surface area contributed by atoms with Crippen LogP contribution in [0, 0.1) is 0 Å². The van der Waals surface area contributed by atoms with Crippen LogP contribution in [0.1, 0.15) is 10.4 Å². The van der Waals surface area contributed by atoms with Gasteiger partial charge in [-0.05, 0) is 47.7 Å². The molecule has 0 spiro atoms. The van der Waals surface area contributed by atoms with Crippen molar-refractivity contribution in [1.82, 2.24) is 4.90 Å². The van der Waals surface area contributed by atoms with Crippen molar-refractivity contribution < 1.29 is 18.6 Å². The molecule has 5 rings (SSSR count). The van der Waals surface area contributed by atoms with Gasteiger partial charge in [0.05, 0.1) is 30.7 Å². The number of fused-ring (bicyclic) bond motifs is 3. The second-order valence-electron chi connectivity index (χ2n) is 7.62. The minimum Gasteiger partial charge on any atom is -0.493 e. The largest absolute Gasteiger partial charge is 0.493 e. The molecule has 2 aromatic carbocycles. The Morgan fingerprint density at radius 2 is 1.97 bits per heavy atom. The molecule has 0 unspecified atom stereocenters. The molecule has 0 fully saturated rings. The van der Waals surface area contributed by atoms with E-state index >= 15 is 0 Å². The van der Waals surface area contributed by atoms with E-state index in [4.69, 9.17) is 18.6 Å². The van der Waals surface area contributed by atoms with E-state index < -0.39 is 0 Å². The maximum Gasteiger partial charge on any atom is 0.200 e. The fraction of sp³-hybridized carbons (Fsp3) is 0.240. The Morgan fingerprint density at radius 1 is 1.09 bits per heavy atom. The molecule has 1 aliphatic rings. The lowest BCUT2D eigenvalue weighted by atomic mass is 10.0. The van der Waals surface area contributed by atoms with Gasteiger partial charge >= 0.3 is 0 Å². The minimum atomic E-state index is -0.0861. The van der Waals surface area contributed by atoms with Crippen LogP contribution in [0.2, 0.25) is 0 Å². The second kappa shape index (κ2) is 8.68. The van der Waals surface area contributed by atoms with Crippen LogP contribution in [0.4, 0.5) is 0 Å². The summed E-state index contributed by atoms with van der Waals surface area (Å²) in [5.74, 6) is 1.94. The fourth-order valence-corrected chi connectivity index (χ4v) is 4.72. The molecule has 6 nitrogen and oxygen atoms in total. The number of rotatable bonds is 6. The SMILES string of the molecule is COc1ccc(-c2coc3c4c(ccc3c2=O)OCN(CCc2cccs2)C4)cc1OC. The van der Waals surface area contributed by atoms with Crippen LogP contribution in [0.25, 0.3) is 22.1 Å². The molecular weight excluding hydrogens is 426 g/mol. The van der Waals surface area contributed by atoms with Crippen molar-refractivity contribution in [3.63, 3.8) is 0 Å². The number of methoxy groups -OCH3 is 2. The van der Waals surface area contributed by atoms with Crippen molar-refractivity contribution in [2.24, 2.45) is 0 Å². The molecule has 0 atom stereocenters. The van der Waals surface area contributed by atoms with Gasteiger partial charge in [-0.2, -0.15) is 0 Å². The molecule has 32 heavy (non-hydrogen) atoms. The molecule has 0 saturated carbocycles. The average molecular weight is 450 g/mol. The van der Waals surface area contributed by atoms with Gasteiger partial charge in [-0.25, -0.2) is 0 Å². The molecule has 2 aromatic heterocycles. The minimum absolute atomic E-state index is 0.0861. The van der Waals surface area contributed by atoms with Crippen molar-refractivity contribution in [2.45, 2.75) is 13.0 Å². The zero-order chi connectivity index (χ0) is 22.1. The average Bonchev–Trinajstić information content (AvgIpc) is 3.36. The van der Waals surface area contributed by atoms with Gasteiger partial charge in [0.1, 0.15) is 24.3 Å². The molecular formula is C25H23NO5S. The maximum absolute atomic E-state index is 13.3. The van der Waals surface area contributed by atoms with Gasteiger partial charge < -0.3 is 18.6 Å². The van der Waals surface area contributed by atoms with E-state index in [1.807, 2.05) is 12.1 Å². The number of ether oxygens (including phenoxy) is 3. The molecule has 0 bridgehead atoms. The summed E-state index contributed by atoms with van der Waals surface area (Å²) >= 11 is 1.76. The monoisotopic (exact) mass is 449 g/mol. The predicted octanol–water partition coefficient (Wildman–Crippen LogP) is 4.93. The predicted molar refractivity (Wildman–Crippen MR) is 125 cm³/mol. The Bertz CT molecular complexity index is 1310. The molecule has 0 aliphatic carbocycles. The van der Waals surface area contributed by atoms with Gasteiger partial charge in [-0.3, -0.25) is 9.69 Å².